The Morgan fingerprint density at radius 1 is 1.36 bits per heavy atom. The van der Waals surface area contributed by atoms with Crippen LogP contribution >= 0.6 is 22.9 Å². The van der Waals surface area contributed by atoms with Crippen molar-refractivity contribution in [3.8, 4) is 10.6 Å². The summed E-state index contributed by atoms with van der Waals surface area (Å²) in [4.78, 5) is 22.6. The molecule has 0 fully saturated rings. The minimum atomic E-state index is -0.936. The first-order chi connectivity index (χ1) is 11.7. The van der Waals surface area contributed by atoms with Crippen LogP contribution in [0.25, 0.3) is 10.6 Å². The lowest BCUT2D eigenvalue weighted by Crippen LogP contribution is -2.45. The van der Waals surface area contributed by atoms with Gasteiger partial charge in [-0.25, -0.2) is 9.18 Å². The third kappa shape index (κ3) is 5.64. The van der Waals surface area contributed by atoms with E-state index in [-0.39, 0.29) is 28.6 Å². The average Bonchev–Trinajstić information content (AvgIpc) is 2.92. The minimum Gasteiger partial charge on any atom is -0.481 e. The zero-order valence-electron chi connectivity index (χ0n) is 13.5. The topological polar surface area (TPSA) is 104 Å². The van der Waals surface area contributed by atoms with Crippen molar-refractivity contribution >= 4 is 40.1 Å². The maximum absolute atomic E-state index is 13.9. The van der Waals surface area contributed by atoms with Crippen LogP contribution in [0.3, 0.4) is 0 Å². The second-order valence-electron chi connectivity index (χ2n) is 5.89. The summed E-state index contributed by atoms with van der Waals surface area (Å²) in [5.74, 6) is -1.47. The first-order valence-electron chi connectivity index (χ1n) is 7.26. The number of anilines is 1. The number of benzene rings is 1. The number of carbonyl (C=O) groups is 2. The second kappa shape index (κ2) is 7.75. The molecular weight excluding hydrogens is 371 g/mol. The van der Waals surface area contributed by atoms with Crippen LogP contribution in [-0.2, 0) is 4.79 Å². The lowest BCUT2D eigenvalue weighted by atomic mass is 9.99. The number of aliphatic carboxylic acids is 1. The van der Waals surface area contributed by atoms with Gasteiger partial charge in [0.25, 0.3) is 0 Å². The molecule has 3 N–H and O–H groups in total. The van der Waals surface area contributed by atoms with E-state index in [0.717, 1.165) is 11.3 Å². The molecule has 0 aliphatic rings. The molecule has 2 rings (SSSR count). The van der Waals surface area contributed by atoms with E-state index < -0.39 is 23.4 Å². The van der Waals surface area contributed by atoms with Crippen molar-refractivity contribution in [1.29, 1.82) is 0 Å². The van der Waals surface area contributed by atoms with Crippen LogP contribution in [0.2, 0.25) is 5.02 Å². The highest BCUT2D eigenvalue weighted by Gasteiger charge is 2.22. The van der Waals surface area contributed by atoms with Crippen molar-refractivity contribution in [2.24, 2.45) is 0 Å². The van der Waals surface area contributed by atoms with Crippen LogP contribution in [0.1, 0.15) is 26.7 Å². The van der Waals surface area contributed by atoms with E-state index in [9.17, 15) is 14.0 Å². The van der Waals surface area contributed by atoms with Crippen LogP contribution in [0.4, 0.5) is 14.3 Å². The summed E-state index contributed by atoms with van der Waals surface area (Å²) in [6.07, 6.45) is 0.208. The molecule has 0 bridgehead atoms. The number of nitrogens with zero attached hydrogens (tertiary/aromatic N) is 2. The summed E-state index contributed by atoms with van der Waals surface area (Å²) >= 11 is 6.72. The van der Waals surface area contributed by atoms with Crippen molar-refractivity contribution in [2.45, 2.75) is 32.2 Å². The van der Waals surface area contributed by atoms with Gasteiger partial charge in [0.1, 0.15) is 5.82 Å². The molecule has 0 atom stereocenters. The van der Waals surface area contributed by atoms with Crippen LogP contribution in [0, 0.1) is 5.82 Å². The van der Waals surface area contributed by atoms with Crippen molar-refractivity contribution in [3.63, 3.8) is 0 Å². The molecule has 10 heteroatoms. The predicted octanol–water partition coefficient (Wildman–Crippen LogP) is 3.76. The Labute approximate surface area is 152 Å². The van der Waals surface area contributed by atoms with Crippen molar-refractivity contribution in [1.82, 2.24) is 15.5 Å². The van der Waals surface area contributed by atoms with E-state index in [1.807, 2.05) is 0 Å². The van der Waals surface area contributed by atoms with Gasteiger partial charge in [-0.15, -0.1) is 10.2 Å². The number of hydrogen-bond acceptors (Lipinski definition) is 5. The van der Waals surface area contributed by atoms with Crippen LogP contribution in [-0.4, -0.2) is 32.8 Å². The fourth-order valence-electron chi connectivity index (χ4n) is 1.96. The van der Waals surface area contributed by atoms with E-state index in [4.69, 9.17) is 16.7 Å². The number of carboxylic acids is 1. The molecule has 0 radical (unpaired) electrons. The van der Waals surface area contributed by atoms with Gasteiger partial charge in [-0.05, 0) is 38.5 Å². The maximum atomic E-state index is 13.9. The van der Waals surface area contributed by atoms with Gasteiger partial charge in [0.2, 0.25) is 5.13 Å². The molecule has 2 amide bonds. The quantitative estimate of drug-likeness (QED) is 0.701. The fourth-order valence-corrected chi connectivity index (χ4v) is 2.89. The van der Waals surface area contributed by atoms with Gasteiger partial charge in [0.15, 0.2) is 5.01 Å². The summed E-state index contributed by atoms with van der Waals surface area (Å²) in [6.45, 7) is 3.42. The molecule has 1 aromatic carbocycles. The number of urea groups is 1. The summed E-state index contributed by atoms with van der Waals surface area (Å²) < 4.78 is 13.9. The smallest absolute Gasteiger partial charge is 0.321 e. The number of rotatable bonds is 6. The van der Waals surface area contributed by atoms with E-state index in [1.165, 1.54) is 18.2 Å². The summed E-state index contributed by atoms with van der Waals surface area (Å²) in [7, 11) is 0. The minimum absolute atomic E-state index is 0.0634. The Hall–Kier alpha value is -2.26. The molecular formula is C15H16ClFN4O3S. The Bertz CT molecular complexity index is 797. The molecule has 134 valence electrons. The third-order valence-corrected chi connectivity index (χ3v) is 4.33. The Morgan fingerprint density at radius 3 is 2.72 bits per heavy atom. The Balaban J connectivity index is 2.01. The van der Waals surface area contributed by atoms with E-state index >= 15 is 0 Å². The number of carboxylic acid groups (broad SMARTS) is 1. The largest absolute Gasteiger partial charge is 0.481 e. The predicted molar refractivity (Wildman–Crippen MR) is 93.4 cm³/mol. The first kappa shape index (κ1) is 19.1. The van der Waals surface area contributed by atoms with Gasteiger partial charge in [-0.1, -0.05) is 22.9 Å². The molecule has 0 unspecified atom stereocenters. The highest BCUT2D eigenvalue weighted by molar-refractivity contribution is 7.18. The van der Waals surface area contributed by atoms with Gasteiger partial charge in [-0.3, -0.25) is 10.1 Å². The lowest BCUT2D eigenvalue weighted by Gasteiger charge is -2.25. The number of halogens is 2. The maximum Gasteiger partial charge on any atom is 0.321 e. The monoisotopic (exact) mass is 386 g/mol. The van der Waals surface area contributed by atoms with Crippen LogP contribution in [0.15, 0.2) is 18.2 Å². The summed E-state index contributed by atoms with van der Waals surface area (Å²) in [5, 5.41) is 22.3. The Morgan fingerprint density at radius 2 is 2.08 bits per heavy atom. The normalized spacial score (nSPS) is 11.2. The van der Waals surface area contributed by atoms with E-state index in [1.54, 1.807) is 13.8 Å². The molecule has 25 heavy (non-hydrogen) atoms. The van der Waals surface area contributed by atoms with Gasteiger partial charge in [0, 0.05) is 22.5 Å². The third-order valence-electron chi connectivity index (χ3n) is 3.22. The number of aromatic nitrogens is 2. The van der Waals surface area contributed by atoms with E-state index in [0.29, 0.717) is 5.01 Å². The van der Waals surface area contributed by atoms with Gasteiger partial charge in [0.05, 0.1) is 0 Å². The second-order valence-corrected chi connectivity index (χ2v) is 7.31. The average molecular weight is 387 g/mol. The molecule has 0 spiro atoms. The lowest BCUT2D eigenvalue weighted by molar-refractivity contribution is -0.137. The first-order valence-corrected chi connectivity index (χ1v) is 8.45. The standard InChI is InChI=1S/C15H16ClFN4O3S/c1-15(2,6-5-11(22)23)19-13(24)18-14-21-20-12(25-14)9-4-3-8(16)7-10(9)17/h3-4,7H,5-6H2,1-2H3,(H,22,23)(H2,18,19,21,24). The summed E-state index contributed by atoms with van der Waals surface area (Å²) in [6, 6.07) is 3.64. The van der Waals surface area contributed by atoms with Gasteiger partial charge in [-0.2, -0.15) is 0 Å². The van der Waals surface area contributed by atoms with Crippen molar-refractivity contribution in [3.05, 3.63) is 29.0 Å². The van der Waals surface area contributed by atoms with Crippen LogP contribution < -0.4 is 10.6 Å². The summed E-state index contributed by atoms with van der Waals surface area (Å²) in [5.41, 5.74) is -0.477. The Kier molecular flexibility index (Phi) is 5.91. The highest BCUT2D eigenvalue weighted by Crippen LogP contribution is 2.29. The molecule has 0 saturated carbocycles. The molecule has 7 nitrogen and oxygen atoms in total. The number of hydrogen-bond donors (Lipinski definition) is 3. The molecule has 0 aliphatic heterocycles. The van der Waals surface area contributed by atoms with E-state index in [2.05, 4.69) is 20.8 Å². The molecule has 2 aromatic rings. The zero-order valence-corrected chi connectivity index (χ0v) is 15.0. The molecule has 0 saturated heterocycles. The number of nitrogens with one attached hydrogen (secondary N) is 2. The molecule has 1 aromatic heterocycles. The number of amides is 2. The highest BCUT2D eigenvalue weighted by atomic mass is 35.5. The van der Waals surface area contributed by atoms with Crippen molar-refractivity contribution < 1.29 is 19.1 Å². The van der Waals surface area contributed by atoms with Crippen LogP contribution in [0.5, 0.6) is 0 Å². The number of carbonyl (C=O) groups excluding carboxylic acids is 1. The fraction of sp³-hybridized carbons (Fsp3) is 0.333. The van der Waals surface area contributed by atoms with Crippen molar-refractivity contribution in [2.75, 3.05) is 5.32 Å². The molecule has 0 aliphatic carbocycles. The SMILES string of the molecule is CC(C)(CCC(=O)O)NC(=O)Nc1nnc(-c2ccc(Cl)cc2F)s1. The van der Waals surface area contributed by atoms with Gasteiger partial charge >= 0.3 is 12.0 Å². The van der Waals surface area contributed by atoms with Gasteiger partial charge < -0.3 is 10.4 Å². The zero-order chi connectivity index (χ0) is 18.6. The molecule has 1 heterocycles.